The minimum absolute atomic E-state index is 0.00802. The van der Waals surface area contributed by atoms with Crippen LogP contribution in [0.25, 0.3) is 0 Å². The van der Waals surface area contributed by atoms with Gasteiger partial charge in [-0.1, -0.05) is 32.0 Å². The lowest BCUT2D eigenvalue weighted by Gasteiger charge is -2.57. The zero-order valence-corrected chi connectivity index (χ0v) is 12.8. The molecule has 5 heteroatoms. The van der Waals surface area contributed by atoms with Crippen LogP contribution in [-0.4, -0.2) is 29.3 Å². The second-order valence-electron chi connectivity index (χ2n) is 6.11. The molecule has 2 atom stereocenters. The normalized spacial score (nSPS) is 27.0. The highest BCUT2D eigenvalue weighted by Crippen LogP contribution is 2.50. The number of carbonyl (C=O) groups excluding carboxylic acids is 1. The summed E-state index contributed by atoms with van der Waals surface area (Å²) in [5.41, 5.74) is 6.21. The largest absolute Gasteiger partial charge is 0.392 e. The van der Waals surface area contributed by atoms with Crippen LogP contribution in [0, 0.1) is 5.41 Å². The van der Waals surface area contributed by atoms with Crippen LogP contribution in [0.2, 0.25) is 0 Å². The average Bonchev–Trinajstić information content (AvgIpc) is 2.47. The molecular weight excluding hydrogens is 268 g/mol. The van der Waals surface area contributed by atoms with E-state index in [1.54, 1.807) is 12.1 Å². The fourth-order valence-electron chi connectivity index (χ4n) is 2.83. The summed E-state index contributed by atoms with van der Waals surface area (Å²) in [6.07, 6.45) is 0.493. The predicted molar refractivity (Wildman–Crippen MR) is 81.7 cm³/mol. The van der Waals surface area contributed by atoms with Crippen LogP contribution in [-0.2, 0) is 16.1 Å². The van der Waals surface area contributed by atoms with Crippen molar-refractivity contribution in [3.05, 3.63) is 29.8 Å². The van der Waals surface area contributed by atoms with E-state index in [-0.39, 0.29) is 18.6 Å². The molecule has 1 aliphatic rings. The molecule has 0 radical (unpaired) electrons. The molecule has 0 bridgehead atoms. The zero-order chi connectivity index (χ0) is 15.7. The fraction of sp³-hybridized carbons (Fsp3) is 0.562. The number of aliphatic hydroxyl groups excluding tert-OH is 1. The molecule has 0 aromatic heterocycles. The molecule has 21 heavy (non-hydrogen) atoms. The molecule has 4 N–H and O–H groups in total. The molecule has 0 aliphatic heterocycles. The van der Waals surface area contributed by atoms with Crippen molar-refractivity contribution >= 4 is 11.6 Å². The molecule has 1 amide bonds. The molecule has 1 aromatic carbocycles. The van der Waals surface area contributed by atoms with Crippen molar-refractivity contribution in [2.75, 3.05) is 11.9 Å². The molecule has 0 saturated heterocycles. The second kappa shape index (κ2) is 5.75. The first kappa shape index (κ1) is 15.9. The predicted octanol–water partition coefficient (Wildman–Crippen LogP) is 1.65. The molecule has 1 aliphatic carbocycles. The van der Waals surface area contributed by atoms with E-state index in [2.05, 4.69) is 5.32 Å². The van der Waals surface area contributed by atoms with Crippen LogP contribution < -0.4 is 11.1 Å². The van der Waals surface area contributed by atoms with E-state index >= 15 is 0 Å². The zero-order valence-electron chi connectivity index (χ0n) is 12.8. The minimum atomic E-state index is -0.963. The molecule has 2 rings (SSSR count). The first-order valence-electron chi connectivity index (χ1n) is 7.27. The van der Waals surface area contributed by atoms with Gasteiger partial charge in [0.15, 0.2) is 0 Å². The quantitative estimate of drug-likeness (QED) is 0.770. The van der Waals surface area contributed by atoms with Crippen molar-refractivity contribution in [1.29, 1.82) is 0 Å². The minimum Gasteiger partial charge on any atom is -0.392 e. The van der Waals surface area contributed by atoms with Gasteiger partial charge in [0, 0.05) is 29.7 Å². The SMILES string of the molecule is CCOC1CC(N)(C(=O)Nc2ccccc2CO)C1(C)C. The summed E-state index contributed by atoms with van der Waals surface area (Å²) in [6.45, 7) is 6.32. The Hall–Kier alpha value is -1.43. The Labute approximate surface area is 125 Å². The molecule has 0 spiro atoms. The van der Waals surface area contributed by atoms with E-state index in [0.717, 1.165) is 0 Å². The molecule has 2 unspecified atom stereocenters. The Morgan fingerprint density at radius 1 is 1.48 bits per heavy atom. The van der Waals surface area contributed by atoms with E-state index in [4.69, 9.17) is 10.5 Å². The number of amides is 1. The summed E-state index contributed by atoms with van der Waals surface area (Å²) in [7, 11) is 0. The Bertz CT molecular complexity index is 530. The van der Waals surface area contributed by atoms with Crippen LogP contribution in [0.15, 0.2) is 24.3 Å². The third-order valence-corrected chi connectivity index (χ3v) is 4.67. The van der Waals surface area contributed by atoms with Crippen molar-refractivity contribution in [2.24, 2.45) is 11.1 Å². The number of ether oxygens (including phenoxy) is 1. The lowest BCUT2D eigenvalue weighted by atomic mass is 9.54. The lowest BCUT2D eigenvalue weighted by molar-refractivity contribution is -0.166. The van der Waals surface area contributed by atoms with Crippen LogP contribution in [0.3, 0.4) is 0 Å². The van der Waals surface area contributed by atoms with Gasteiger partial charge in [-0.25, -0.2) is 0 Å². The lowest BCUT2D eigenvalue weighted by Crippen LogP contribution is -2.74. The van der Waals surface area contributed by atoms with Gasteiger partial charge in [0.25, 0.3) is 0 Å². The van der Waals surface area contributed by atoms with Gasteiger partial charge in [-0.15, -0.1) is 0 Å². The van der Waals surface area contributed by atoms with Gasteiger partial charge in [-0.2, -0.15) is 0 Å². The van der Waals surface area contributed by atoms with E-state index in [9.17, 15) is 9.90 Å². The fourth-order valence-corrected chi connectivity index (χ4v) is 2.83. The smallest absolute Gasteiger partial charge is 0.245 e. The van der Waals surface area contributed by atoms with Crippen molar-refractivity contribution < 1.29 is 14.6 Å². The van der Waals surface area contributed by atoms with Gasteiger partial charge in [0.2, 0.25) is 5.91 Å². The van der Waals surface area contributed by atoms with Gasteiger partial charge >= 0.3 is 0 Å². The molecule has 116 valence electrons. The van der Waals surface area contributed by atoms with Crippen molar-refractivity contribution in [3.63, 3.8) is 0 Å². The Morgan fingerprint density at radius 3 is 2.71 bits per heavy atom. The summed E-state index contributed by atoms with van der Waals surface area (Å²) < 4.78 is 5.63. The van der Waals surface area contributed by atoms with Gasteiger partial charge in [-0.05, 0) is 13.0 Å². The van der Waals surface area contributed by atoms with Crippen LogP contribution >= 0.6 is 0 Å². The number of benzene rings is 1. The van der Waals surface area contributed by atoms with Crippen molar-refractivity contribution in [2.45, 2.75) is 45.4 Å². The molecule has 1 aromatic rings. The van der Waals surface area contributed by atoms with Gasteiger partial charge in [0.05, 0.1) is 12.7 Å². The maximum atomic E-state index is 12.6. The number of aliphatic hydroxyl groups is 1. The highest BCUT2D eigenvalue weighted by molar-refractivity contribution is 6.00. The molecule has 1 fully saturated rings. The maximum absolute atomic E-state index is 12.6. The number of para-hydroxylation sites is 1. The molecule has 5 nitrogen and oxygen atoms in total. The Balaban J connectivity index is 2.14. The van der Waals surface area contributed by atoms with Crippen molar-refractivity contribution in [3.8, 4) is 0 Å². The summed E-state index contributed by atoms with van der Waals surface area (Å²) in [6, 6.07) is 7.16. The van der Waals surface area contributed by atoms with E-state index in [1.807, 2.05) is 32.9 Å². The summed E-state index contributed by atoms with van der Waals surface area (Å²) >= 11 is 0. The number of hydrogen-bond acceptors (Lipinski definition) is 4. The monoisotopic (exact) mass is 292 g/mol. The van der Waals surface area contributed by atoms with E-state index in [0.29, 0.717) is 24.3 Å². The highest BCUT2D eigenvalue weighted by Gasteiger charge is 2.62. The first-order chi connectivity index (χ1) is 9.86. The van der Waals surface area contributed by atoms with Gasteiger partial charge in [0.1, 0.15) is 5.54 Å². The highest BCUT2D eigenvalue weighted by atomic mass is 16.5. The molecule has 1 saturated carbocycles. The summed E-state index contributed by atoms with van der Waals surface area (Å²) in [4.78, 5) is 12.6. The van der Waals surface area contributed by atoms with Gasteiger partial charge in [-0.3, -0.25) is 4.79 Å². The van der Waals surface area contributed by atoms with E-state index < -0.39 is 11.0 Å². The van der Waals surface area contributed by atoms with Crippen LogP contribution in [0.1, 0.15) is 32.8 Å². The van der Waals surface area contributed by atoms with Crippen LogP contribution in [0.5, 0.6) is 0 Å². The topological polar surface area (TPSA) is 84.6 Å². The second-order valence-corrected chi connectivity index (χ2v) is 6.11. The van der Waals surface area contributed by atoms with Crippen LogP contribution in [0.4, 0.5) is 5.69 Å². The number of anilines is 1. The number of hydrogen-bond donors (Lipinski definition) is 3. The van der Waals surface area contributed by atoms with Crippen molar-refractivity contribution in [1.82, 2.24) is 0 Å². The average molecular weight is 292 g/mol. The summed E-state index contributed by atoms with van der Waals surface area (Å²) in [5, 5.41) is 12.2. The standard InChI is InChI=1S/C16H24N2O3/c1-4-21-13-9-16(17,15(13,2)3)14(20)18-12-8-6-5-7-11(12)10-19/h5-8,13,19H,4,9-10,17H2,1-3H3,(H,18,20). The number of nitrogens with one attached hydrogen (secondary N) is 1. The third kappa shape index (κ3) is 2.57. The first-order valence-corrected chi connectivity index (χ1v) is 7.27. The Morgan fingerprint density at radius 2 is 2.14 bits per heavy atom. The van der Waals surface area contributed by atoms with E-state index in [1.165, 1.54) is 0 Å². The maximum Gasteiger partial charge on any atom is 0.245 e. The Kier molecular flexibility index (Phi) is 4.37. The number of carbonyl (C=O) groups is 1. The van der Waals surface area contributed by atoms with Gasteiger partial charge < -0.3 is 20.9 Å². The number of nitrogens with two attached hydrogens (primary N) is 1. The molecule has 0 heterocycles. The molecular formula is C16H24N2O3. The summed E-state index contributed by atoms with van der Waals surface area (Å²) in [5.74, 6) is -0.232. The third-order valence-electron chi connectivity index (χ3n) is 4.67. The number of rotatable bonds is 5.